The standard InChI is InChI=1S/C10H21N3O/c1-9-10(14)13(7-3-5-11)8-4-6-12(9)2/h9H,3-8,11H2,1-2H3. The predicted molar refractivity (Wildman–Crippen MR) is 57.0 cm³/mol. The molecule has 0 radical (unpaired) electrons. The first kappa shape index (κ1) is 11.5. The number of nitrogens with zero attached hydrogens (tertiary/aromatic N) is 2. The van der Waals surface area contributed by atoms with Crippen LogP contribution in [0.3, 0.4) is 0 Å². The van der Waals surface area contributed by atoms with E-state index in [2.05, 4.69) is 4.90 Å². The van der Waals surface area contributed by atoms with Gasteiger partial charge in [0.05, 0.1) is 6.04 Å². The van der Waals surface area contributed by atoms with Gasteiger partial charge < -0.3 is 10.6 Å². The Morgan fingerprint density at radius 2 is 2.21 bits per heavy atom. The van der Waals surface area contributed by atoms with E-state index < -0.39 is 0 Å². The molecule has 1 heterocycles. The Morgan fingerprint density at radius 1 is 1.50 bits per heavy atom. The van der Waals surface area contributed by atoms with Gasteiger partial charge in [-0.3, -0.25) is 9.69 Å². The molecule has 0 aromatic heterocycles. The van der Waals surface area contributed by atoms with Crippen molar-refractivity contribution >= 4 is 5.91 Å². The van der Waals surface area contributed by atoms with Crippen LogP contribution < -0.4 is 5.73 Å². The van der Waals surface area contributed by atoms with E-state index >= 15 is 0 Å². The van der Waals surface area contributed by atoms with Crippen molar-refractivity contribution in [2.45, 2.75) is 25.8 Å². The molecule has 0 aromatic rings. The Balaban J connectivity index is 2.53. The Kier molecular flexibility index (Phi) is 4.35. The molecule has 0 aromatic carbocycles. The molecule has 1 unspecified atom stereocenters. The summed E-state index contributed by atoms with van der Waals surface area (Å²) in [6.45, 7) is 5.34. The van der Waals surface area contributed by atoms with Gasteiger partial charge in [-0.1, -0.05) is 0 Å². The largest absolute Gasteiger partial charge is 0.341 e. The summed E-state index contributed by atoms with van der Waals surface area (Å²) in [5.41, 5.74) is 5.44. The monoisotopic (exact) mass is 199 g/mol. The van der Waals surface area contributed by atoms with Crippen LogP contribution >= 0.6 is 0 Å². The van der Waals surface area contributed by atoms with Crippen molar-refractivity contribution in [3.63, 3.8) is 0 Å². The molecular formula is C10H21N3O. The number of hydrogen-bond acceptors (Lipinski definition) is 3. The average molecular weight is 199 g/mol. The lowest BCUT2D eigenvalue weighted by Crippen LogP contribution is -2.43. The predicted octanol–water partition coefficient (Wildman–Crippen LogP) is -0.112. The van der Waals surface area contributed by atoms with Crippen molar-refractivity contribution < 1.29 is 4.79 Å². The van der Waals surface area contributed by atoms with Crippen LogP contribution in [0.2, 0.25) is 0 Å². The molecule has 0 saturated carbocycles. The SMILES string of the molecule is CC1C(=O)N(CCCN)CCCN1C. The highest BCUT2D eigenvalue weighted by Gasteiger charge is 2.26. The van der Waals surface area contributed by atoms with Gasteiger partial charge in [-0.05, 0) is 33.4 Å². The molecule has 14 heavy (non-hydrogen) atoms. The summed E-state index contributed by atoms with van der Waals surface area (Å²) in [5.74, 6) is 0.249. The van der Waals surface area contributed by atoms with Gasteiger partial charge in [0.1, 0.15) is 0 Å². The Bertz CT molecular complexity index is 194. The highest BCUT2D eigenvalue weighted by molar-refractivity contribution is 5.81. The van der Waals surface area contributed by atoms with Crippen LogP contribution in [0, 0.1) is 0 Å². The van der Waals surface area contributed by atoms with Crippen LogP contribution in [0.25, 0.3) is 0 Å². The molecule has 1 aliphatic heterocycles. The summed E-state index contributed by atoms with van der Waals surface area (Å²) in [7, 11) is 2.01. The molecule has 1 aliphatic rings. The van der Waals surface area contributed by atoms with Gasteiger partial charge in [0.15, 0.2) is 0 Å². The molecule has 0 aliphatic carbocycles. The fourth-order valence-electron chi connectivity index (χ4n) is 1.77. The molecule has 2 N–H and O–H groups in total. The molecule has 0 spiro atoms. The molecule has 1 saturated heterocycles. The number of likely N-dealkylation sites (N-methyl/N-ethyl adjacent to an activating group) is 1. The smallest absolute Gasteiger partial charge is 0.239 e. The number of carbonyl (C=O) groups is 1. The first-order valence-corrected chi connectivity index (χ1v) is 5.36. The first-order valence-electron chi connectivity index (χ1n) is 5.36. The molecule has 4 nitrogen and oxygen atoms in total. The Morgan fingerprint density at radius 3 is 2.86 bits per heavy atom. The van der Waals surface area contributed by atoms with E-state index in [4.69, 9.17) is 5.73 Å². The van der Waals surface area contributed by atoms with E-state index in [1.165, 1.54) is 0 Å². The van der Waals surface area contributed by atoms with E-state index in [9.17, 15) is 4.79 Å². The number of hydrogen-bond donors (Lipinski definition) is 1. The summed E-state index contributed by atoms with van der Waals surface area (Å²) in [6, 6.07) is 0.0234. The second kappa shape index (κ2) is 5.32. The molecular weight excluding hydrogens is 178 g/mol. The summed E-state index contributed by atoms with van der Waals surface area (Å²) >= 11 is 0. The Labute approximate surface area is 86.0 Å². The fraction of sp³-hybridized carbons (Fsp3) is 0.900. The second-order valence-electron chi connectivity index (χ2n) is 3.98. The molecule has 0 bridgehead atoms. The summed E-state index contributed by atoms with van der Waals surface area (Å²) in [6.07, 6.45) is 1.97. The lowest BCUT2D eigenvalue weighted by molar-refractivity contribution is -0.134. The third-order valence-corrected chi connectivity index (χ3v) is 2.90. The minimum absolute atomic E-state index is 0.0234. The molecule has 1 amide bonds. The maximum absolute atomic E-state index is 11.9. The maximum Gasteiger partial charge on any atom is 0.239 e. The zero-order valence-electron chi connectivity index (χ0n) is 9.20. The van der Waals surface area contributed by atoms with Crippen LogP contribution in [-0.2, 0) is 4.79 Å². The van der Waals surface area contributed by atoms with E-state index in [1.807, 2.05) is 18.9 Å². The number of amides is 1. The average Bonchev–Trinajstić information content (AvgIpc) is 2.30. The van der Waals surface area contributed by atoms with Crippen molar-refractivity contribution in [3.05, 3.63) is 0 Å². The van der Waals surface area contributed by atoms with E-state index in [-0.39, 0.29) is 11.9 Å². The highest BCUT2D eigenvalue weighted by Crippen LogP contribution is 2.09. The number of nitrogens with two attached hydrogens (primary N) is 1. The van der Waals surface area contributed by atoms with Gasteiger partial charge in [-0.15, -0.1) is 0 Å². The zero-order valence-corrected chi connectivity index (χ0v) is 9.20. The van der Waals surface area contributed by atoms with E-state index in [1.54, 1.807) is 0 Å². The number of rotatable bonds is 3. The lowest BCUT2D eigenvalue weighted by atomic mass is 10.2. The van der Waals surface area contributed by atoms with Gasteiger partial charge >= 0.3 is 0 Å². The van der Waals surface area contributed by atoms with Gasteiger partial charge in [0.2, 0.25) is 5.91 Å². The van der Waals surface area contributed by atoms with E-state index in [0.717, 1.165) is 32.5 Å². The van der Waals surface area contributed by atoms with Crippen molar-refractivity contribution in [1.29, 1.82) is 0 Å². The van der Waals surface area contributed by atoms with Crippen molar-refractivity contribution in [2.24, 2.45) is 5.73 Å². The van der Waals surface area contributed by atoms with Gasteiger partial charge in [0.25, 0.3) is 0 Å². The first-order chi connectivity index (χ1) is 6.66. The minimum Gasteiger partial charge on any atom is -0.341 e. The summed E-state index contributed by atoms with van der Waals surface area (Å²) in [4.78, 5) is 16.0. The maximum atomic E-state index is 11.9. The van der Waals surface area contributed by atoms with E-state index in [0.29, 0.717) is 6.54 Å². The van der Waals surface area contributed by atoms with Crippen molar-refractivity contribution in [2.75, 3.05) is 33.2 Å². The fourth-order valence-corrected chi connectivity index (χ4v) is 1.77. The highest BCUT2D eigenvalue weighted by atomic mass is 16.2. The normalized spacial score (nSPS) is 25.2. The minimum atomic E-state index is 0.0234. The third-order valence-electron chi connectivity index (χ3n) is 2.90. The molecule has 1 rings (SSSR count). The van der Waals surface area contributed by atoms with Crippen molar-refractivity contribution in [3.8, 4) is 0 Å². The quantitative estimate of drug-likeness (QED) is 0.690. The second-order valence-corrected chi connectivity index (χ2v) is 3.98. The Hall–Kier alpha value is -0.610. The summed E-state index contributed by atoms with van der Waals surface area (Å²) < 4.78 is 0. The molecule has 82 valence electrons. The van der Waals surface area contributed by atoms with Gasteiger partial charge in [0, 0.05) is 19.6 Å². The molecule has 1 atom stereocenters. The van der Waals surface area contributed by atoms with Crippen LogP contribution in [-0.4, -0.2) is 55.0 Å². The summed E-state index contributed by atoms with van der Waals surface area (Å²) in [5, 5.41) is 0. The van der Waals surface area contributed by atoms with Crippen molar-refractivity contribution in [1.82, 2.24) is 9.80 Å². The van der Waals surface area contributed by atoms with Gasteiger partial charge in [-0.2, -0.15) is 0 Å². The molecule has 1 fully saturated rings. The number of carbonyl (C=O) groups excluding carboxylic acids is 1. The third kappa shape index (κ3) is 2.69. The molecule has 4 heteroatoms. The van der Waals surface area contributed by atoms with Crippen LogP contribution in [0.5, 0.6) is 0 Å². The zero-order chi connectivity index (χ0) is 10.6. The van der Waals surface area contributed by atoms with Crippen LogP contribution in [0.15, 0.2) is 0 Å². The van der Waals surface area contributed by atoms with Gasteiger partial charge in [-0.25, -0.2) is 0 Å². The lowest BCUT2D eigenvalue weighted by Gasteiger charge is -2.25. The van der Waals surface area contributed by atoms with Crippen LogP contribution in [0.4, 0.5) is 0 Å². The topological polar surface area (TPSA) is 49.6 Å². The van der Waals surface area contributed by atoms with Crippen LogP contribution in [0.1, 0.15) is 19.8 Å².